The van der Waals surface area contributed by atoms with Crippen LogP contribution in [0.25, 0.3) is 0 Å². The van der Waals surface area contributed by atoms with E-state index in [1.165, 1.54) is 0 Å². The molecule has 2 aromatic rings. The highest BCUT2D eigenvalue weighted by Gasteiger charge is 2.35. The van der Waals surface area contributed by atoms with Gasteiger partial charge in [-0.2, -0.15) is 0 Å². The van der Waals surface area contributed by atoms with Crippen molar-refractivity contribution < 1.29 is 19.4 Å². The molecule has 2 aromatic carbocycles. The van der Waals surface area contributed by atoms with Crippen LogP contribution in [0.15, 0.2) is 60.7 Å². The summed E-state index contributed by atoms with van der Waals surface area (Å²) < 4.78 is 5.93. The Morgan fingerprint density at radius 1 is 1.04 bits per heavy atom. The number of hydrogen-bond acceptors (Lipinski definition) is 3. The molecule has 0 aromatic heterocycles. The lowest BCUT2D eigenvalue weighted by atomic mass is 10.1. The highest BCUT2D eigenvalue weighted by molar-refractivity contribution is 5.84. The van der Waals surface area contributed by atoms with E-state index in [0.29, 0.717) is 18.7 Å². The topological polar surface area (TPSA) is 66.8 Å². The van der Waals surface area contributed by atoms with Gasteiger partial charge in [-0.15, -0.1) is 0 Å². The van der Waals surface area contributed by atoms with Gasteiger partial charge in [-0.05, 0) is 18.6 Å². The highest BCUT2D eigenvalue weighted by Crippen LogP contribution is 2.27. The summed E-state index contributed by atoms with van der Waals surface area (Å²) >= 11 is 0. The lowest BCUT2D eigenvalue weighted by molar-refractivity contribution is -0.142. The van der Waals surface area contributed by atoms with Gasteiger partial charge in [-0.3, -0.25) is 9.59 Å². The van der Waals surface area contributed by atoms with Crippen LogP contribution in [0.2, 0.25) is 0 Å². The molecule has 124 valence electrons. The molecule has 5 nitrogen and oxygen atoms in total. The molecule has 1 aliphatic rings. The molecule has 0 bridgehead atoms. The first-order chi connectivity index (χ1) is 11.6. The predicted molar refractivity (Wildman–Crippen MR) is 88.6 cm³/mol. The first kappa shape index (κ1) is 16.1. The molecule has 1 amide bonds. The molecular weight excluding hydrogens is 306 g/mol. The molecule has 2 atom stereocenters. The summed E-state index contributed by atoms with van der Waals surface area (Å²) in [4.78, 5) is 25.6. The maximum absolute atomic E-state index is 12.9. The number of carboxylic acid groups (broad SMARTS) is 1. The number of likely N-dealkylation sites (tertiary alicyclic amines) is 1. The number of ether oxygens (including phenoxy) is 1. The number of carbonyl (C=O) groups is 2. The fourth-order valence-corrected chi connectivity index (χ4v) is 2.85. The van der Waals surface area contributed by atoms with Crippen molar-refractivity contribution in [3.05, 3.63) is 66.2 Å². The van der Waals surface area contributed by atoms with Crippen LogP contribution in [0, 0.1) is 5.92 Å². The molecule has 1 aliphatic heterocycles. The summed E-state index contributed by atoms with van der Waals surface area (Å²) in [5.74, 6) is -0.949. The van der Waals surface area contributed by atoms with Crippen LogP contribution in [0.1, 0.15) is 18.1 Å². The van der Waals surface area contributed by atoms with Gasteiger partial charge in [0.1, 0.15) is 5.75 Å². The normalized spacial score (nSPS) is 18.2. The van der Waals surface area contributed by atoms with Gasteiger partial charge >= 0.3 is 5.97 Å². The van der Waals surface area contributed by atoms with Gasteiger partial charge in [-0.1, -0.05) is 48.5 Å². The molecule has 1 saturated heterocycles. The first-order valence-electron chi connectivity index (χ1n) is 7.93. The number of para-hydroxylation sites is 1. The number of amides is 1. The van der Waals surface area contributed by atoms with Crippen molar-refractivity contribution in [3.8, 4) is 5.75 Å². The maximum atomic E-state index is 12.9. The molecule has 0 aliphatic carbocycles. The Kier molecular flexibility index (Phi) is 4.79. The minimum Gasteiger partial charge on any atom is -0.481 e. The Hall–Kier alpha value is -2.82. The third-order valence-electron chi connectivity index (χ3n) is 4.17. The van der Waals surface area contributed by atoms with Crippen molar-refractivity contribution in [1.29, 1.82) is 0 Å². The zero-order chi connectivity index (χ0) is 16.9. The number of nitrogens with zero attached hydrogens (tertiary/aromatic N) is 1. The Morgan fingerprint density at radius 3 is 2.25 bits per heavy atom. The largest absolute Gasteiger partial charge is 0.481 e. The zero-order valence-electron chi connectivity index (χ0n) is 13.2. The molecule has 0 spiro atoms. The van der Waals surface area contributed by atoms with Crippen LogP contribution >= 0.6 is 0 Å². The lowest BCUT2D eigenvalue weighted by Crippen LogP contribution is -2.36. The fraction of sp³-hybridized carbons (Fsp3) is 0.263. The van der Waals surface area contributed by atoms with E-state index in [2.05, 4.69) is 0 Å². The molecule has 0 unspecified atom stereocenters. The SMILES string of the molecule is O=C(O)[C@@H]1CCN(C(=O)[C@H](Oc2ccccc2)c2ccccc2)C1. The summed E-state index contributed by atoms with van der Waals surface area (Å²) in [7, 11) is 0. The van der Waals surface area contributed by atoms with Gasteiger partial charge in [0.25, 0.3) is 5.91 Å². The van der Waals surface area contributed by atoms with Gasteiger partial charge in [0.2, 0.25) is 6.10 Å². The summed E-state index contributed by atoms with van der Waals surface area (Å²) in [5.41, 5.74) is 0.755. The summed E-state index contributed by atoms with van der Waals surface area (Å²) in [6.07, 6.45) is -0.297. The van der Waals surface area contributed by atoms with Crippen LogP contribution in [0.3, 0.4) is 0 Å². The van der Waals surface area contributed by atoms with E-state index in [-0.39, 0.29) is 12.5 Å². The number of hydrogen-bond donors (Lipinski definition) is 1. The summed E-state index contributed by atoms with van der Waals surface area (Å²) in [5, 5.41) is 9.13. The fourth-order valence-electron chi connectivity index (χ4n) is 2.85. The second-order valence-corrected chi connectivity index (χ2v) is 5.83. The van der Waals surface area contributed by atoms with Crippen molar-refractivity contribution in [2.75, 3.05) is 13.1 Å². The van der Waals surface area contributed by atoms with E-state index in [0.717, 1.165) is 5.56 Å². The third kappa shape index (κ3) is 3.56. The Balaban J connectivity index is 1.82. The van der Waals surface area contributed by atoms with Crippen LogP contribution in [-0.4, -0.2) is 35.0 Å². The number of aliphatic carboxylic acids is 1. The van der Waals surface area contributed by atoms with E-state index >= 15 is 0 Å². The molecule has 1 fully saturated rings. The van der Waals surface area contributed by atoms with E-state index in [1.54, 1.807) is 17.0 Å². The molecule has 0 saturated carbocycles. The van der Waals surface area contributed by atoms with Crippen LogP contribution in [0.4, 0.5) is 0 Å². The molecule has 3 rings (SSSR count). The van der Waals surface area contributed by atoms with Gasteiger partial charge < -0.3 is 14.7 Å². The van der Waals surface area contributed by atoms with Gasteiger partial charge in [0.05, 0.1) is 5.92 Å². The third-order valence-corrected chi connectivity index (χ3v) is 4.17. The molecule has 5 heteroatoms. The van der Waals surface area contributed by atoms with Gasteiger partial charge in [-0.25, -0.2) is 0 Å². The maximum Gasteiger partial charge on any atom is 0.308 e. The average Bonchev–Trinajstić information content (AvgIpc) is 3.11. The molecule has 24 heavy (non-hydrogen) atoms. The standard InChI is InChI=1S/C19H19NO4/c21-18(20-12-11-15(13-20)19(22)23)17(14-7-3-1-4-8-14)24-16-9-5-2-6-10-16/h1-10,15,17H,11-13H2,(H,22,23)/t15-,17-/m1/s1. The second-order valence-electron chi connectivity index (χ2n) is 5.83. The first-order valence-corrected chi connectivity index (χ1v) is 7.93. The van der Waals surface area contributed by atoms with Crippen molar-refractivity contribution in [2.24, 2.45) is 5.92 Å². The second kappa shape index (κ2) is 7.17. The van der Waals surface area contributed by atoms with Crippen molar-refractivity contribution in [3.63, 3.8) is 0 Å². The zero-order valence-corrected chi connectivity index (χ0v) is 13.2. The van der Waals surface area contributed by atoms with Crippen LogP contribution < -0.4 is 4.74 Å². The minimum absolute atomic E-state index is 0.200. The molecular formula is C19H19NO4. The van der Waals surface area contributed by atoms with Crippen molar-refractivity contribution >= 4 is 11.9 Å². The monoisotopic (exact) mass is 325 g/mol. The number of carboxylic acids is 1. The smallest absolute Gasteiger partial charge is 0.308 e. The Morgan fingerprint density at radius 2 is 1.67 bits per heavy atom. The molecule has 1 N–H and O–H groups in total. The van der Waals surface area contributed by atoms with E-state index < -0.39 is 18.0 Å². The number of carbonyl (C=O) groups excluding carboxylic acids is 1. The van der Waals surface area contributed by atoms with Crippen LogP contribution in [0.5, 0.6) is 5.75 Å². The predicted octanol–water partition coefficient (Wildman–Crippen LogP) is 2.74. The number of rotatable bonds is 5. The Bertz CT molecular complexity index is 702. The van der Waals surface area contributed by atoms with Crippen LogP contribution in [-0.2, 0) is 9.59 Å². The lowest BCUT2D eigenvalue weighted by Gasteiger charge is -2.24. The summed E-state index contributed by atoms with van der Waals surface area (Å²) in [6.45, 7) is 0.674. The summed E-state index contributed by atoms with van der Waals surface area (Å²) in [6, 6.07) is 18.4. The van der Waals surface area contributed by atoms with Crippen molar-refractivity contribution in [2.45, 2.75) is 12.5 Å². The highest BCUT2D eigenvalue weighted by atomic mass is 16.5. The molecule has 0 radical (unpaired) electrons. The molecule has 1 heterocycles. The van der Waals surface area contributed by atoms with E-state index in [1.807, 2.05) is 48.5 Å². The van der Waals surface area contributed by atoms with E-state index in [4.69, 9.17) is 9.84 Å². The number of benzene rings is 2. The van der Waals surface area contributed by atoms with Crippen molar-refractivity contribution in [1.82, 2.24) is 4.90 Å². The van der Waals surface area contributed by atoms with E-state index in [9.17, 15) is 9.59 Å². The quantitative estimate of drug-likeness (QED) is 0.918. The average molecular weight is 325 g/mol. The minimum atomic E-state index is -0.856. The van der Waals surface area contributed by atoms with Gasteiger partial charge in [0, 0.05) is 18.7 Å². The Labute approximate surface area is 140 Å². The van der Waals surface area contributed by atoms with Gasteiger partial charge in [0.15, 0.2) is 0 Å².